The molecule has 1 saturated heterocycles. The molecule has 1 fully saturated rings. The number of fused-ring (bicyclic) bond motifs is 1. The average molecular weight is 650 g/mol. The van der Waals surface area contributed by atoms with Crippen LogP contribution in [0.15, 0.2) is 84.9 Å². The van der Waals surface area contributed by atoms with Crippen LogP contribution in [0.1, 0.15) is 40.7 Å². The number of primary amides is 1. The summed E-state index contributed by atoms with van der Waals surface area (Å²) in [7, 11) is 0. The van der Waals surface area contributed by atoms with Crippen molar-refractivity contribution in [3.8, 4) is 5.75 Å². The fourth-order valence-corrected chi connectivity index (χ4v) is 6.53. The largest absolute Gasteiger partial charge is 0.507 e. The molecular formula is C38H43N5O5. The predicted octanol–water partition coefficient (Wildman–Crippen LogP) is 2.96. The number of aryl methyl sites for hydroxylation is 2. The Labute approximate surface area is 280 Å². The topological polar surface area (TPSA) is 168 Å². The van der Waals surface area contributed by atoms with Gasteiger partial charge in [-0.05, 0) is 71.7 Å². The molecule has 4 amide bonds. The van der Waals surface area contributed by atoms with Crippen LogP contribution in [0.5, 0.6) is 5.75 Å². The highest BCUT2D eigenvalue weighted by Gasteiger charge is 2.38. The van der Waals surface area contributed by atoms with Crippen LogP contribution in [0.4, 0.5) is 0 Å². The van der Waals surface area contributed by atoms with Crippen molar-refractivity contribution in [3.05, 3.63) is 113 Å². The zero-order valence-corrected chi connectivity index (χ0v) is 27.3. The van der Waals surface area contributed by atoms with Crippen molar-refractivity contribution >= 4 is 34.4 Å². The maximum atomic E-state index is 13.8. The molecule has 5 rings (SSSR count). The van der Waals surface area contributed by atoms with Crippen molar-refractivity contribution < 1.29 is 24.3 Å². The van der Waals surface area contributed by atoms with E-state index in [1.807, 2.05) is 72.8 Å². The molecule has 0 bridgehead atoms. The van der Waals surface area contributed by atoms with Crippen LogP contribution in [0.2, 0.25) is 0 Å². The number of likely N-dealkylation sites (tertiary alicyclic amines) is 1. The number of nitrogens with zero attached hydrogens (tertiary/aromatic N) is 1. The number of carbonyl (C=O) groups excluding carboxylic acids is 4. The number of benzene rings is 4. The first-order valence-electron chi connectivity index (χ1n) is 16.3. The third-order valence-electron chi connectivity index (χ3n) is 9.04. The SMILES string of the molecule is Cc1cc(C[C@H](N)C(=O)N2CCC[C@H]2C(=O)N[C@@H](Cc2ccccc2)C(=O)N[C@H](Cc2cccc3ccccc23)C(N)=O)cc(C)c1O. The van der Waals surface area contributed by atoms with E-state index in [4.69, 9.17) is 11.5 Å². The maximum absolute atomic E-state index is 13.8. The zero-order valence-electron chi connectivity index (χ0n) is 27.3. The van der Waals surface area contributed by atoms with Crippen LogP contribution in [-0.2, 0) is 38.4 Å². The lowest BCUT2D eigenvalue weighted by molar-refractivity contribution is -0.140. The summed E-state index contributed by atoms with van der Waals surface area (Å²) in [5.41, 5.74) is 16.0. The molecule has 7 N–H and O–H groups in total. The number of amides is 4. The molecule has 0 aliphatic carbocycles. The molecule has 0 radical (unpaired) electrons. The number of hydrogen-bond donors (Lipinski definition) is 5. The fraction of sp³-hybridized carbons (Fsp3) is 0.316. The van der Waals surface area contributed by atoms with Crippen molar-refractivity contribution in [1.82, 2.24) is 15.5 Å². The molecule has 4 aromatic carbocycles. The third-order valence-corrected chi connectivity index (χ3v) is 9.04. The Morgan fingerprint density at radius 1 is 0.833 bits per heavy atom. The molecule has 1 aliphatic rings. The highest BCUT2D eigenvalue weighted by atomic mass is 16.3. The summed E-state index contributed by atoms with van der Waals surface area (Å²) in [5.74, 6) is -1.86. The van der Waals surface area contributed by atoms with E-state index in [1.165, 1.54) is 4.90 Å². The Morgan fingerprint density at radius 3 is 2.21 bits per heavy atom. The van der Waals surface area contributed by atoms with Crippen LogP contribution in [0.3, 0.4) is 0 Å². The number of aromatic hydroxyl groups is 1. The molecule has 1 heterocycles. The quantitative estimate of drug-likeness (QED) is 0.158. The second-order valence-corrected chi connectivity index (χ2v) is 12.6. The van der Waals surface area contributed by atoms with Gasteiger partial charge in [-0.1, -0.05) is 84.9 Å². The number of hydrogen-bond acceptors (Lipinski definition) is 6. The number of carbonyl (C=O) groups is 4. The summed E-state index contributed by atoms with van der Waals surface area (Å²) >= 11 is 0. The van der Waals surface area contributed by atoms with Crippen LogP contribution in [0.25, 0.3) is 10.8 Å². The van der Waals surface area contributed by atoms with Gasteiger partial charge in [-0.2, -0.15) is 0 Å². The first-order valence-corrected chi connectivity index (χ1v) is 16.3. The molecule has 1 aliphatic heterocycles. The van der Waals surface area contributed by atoms with Crippen LogP contribution in [0, 0.1) is 13.8 Å². The maximum Gasteiger partial charge on any atom is 0.243 e. The van der Waals surface area contributed by atoms with E-state index in [1.54, 1.807) is 26.0 Å². The lowest BCUT2D eigenvalue weighted by Gasteiger charge is -2.29. The number of phenols is 1. The van der Waals surface area contributed by atoms with Gasteiger partial charge in [0.2, 0.25) is 23.6 Å². The summed E-state index contributed by atoms with van der Waals surface area (Å²) in [4.78, 5) is 55.2. The van der Waals surface area contributed by atoms with Crippen LogP contribution in [-0.4, -0.2) is 64.3 Å². The van der Waals surface area contributed by atoms with Gasteiger partial charge >= 0.3 is 0 Å². The molecule has 0 unspecified atom stereocenters. The highest BCUT2D eigenvalue weighted by molar-refractivity contribution is 5.95. The van der Waals surface area contributed by atoms with Crippen molar-refractivity contribution in [2.75, 3.05) is 6.54 Å². The molecule has 4 aromatic rings. The van der Waals surface area contributed by atoms with Crippen LogP contribution < -0.4 is 22.1 Å². The van der Waals surface area contributed by atoms with Gasteiger partial charge in [-0.3, -0.25) is 19.2 Å². The number of nitrogens with one attached hydrogen (secondary N) is 2. The normalized spacial score (nSPS) is 16.2. The van der Waals surface area contributed by atoms with Crippen LogP contribution >= 0.6 is 0 Å². The molecular weight excluding hydrogens is 606 g/mol. The van der Waals surface area contributed by atoms with E-state index in [0.29, 0.717) is 30.5 Å². The van der Waals surface area contributed by atoms with Crippen molar-refractivity contribution in [2.45, 2.75) is 70.1 Å². The highest BCUT2D eigenvalue weighted by Crippen LogP contribution is 2.25. The molecule has 10 nitrogen and oxygen atoms in total. The molecule has 0 spiro atoms. The summed E-state index contributed by atoms with van der Waals surface area (Å²) in [6.07, 6.45) is 1.62. The molecule has 48 heavy (non-hydrogen) atoms. The summed E-state index contributed by atoms with van der Waals surface area (Å²) in [6, 6.07) is 22.6. The fourth-order valence-electron chi connectivity index (χ4n) is 6.53. The van der Waals surface area contributed by atoms with Gasteiger partial charge < -0.3 is 32.1 Å². The molecule has 250 valence electrons. The van der Waals surface area contributed by atoms with Crippen molar-refractivity contribution in [1.29, 1.82) is 0 Å². The smallest absolute Gasteiger partial charge is 0.243 e. The molecule has 10 heteroatoms. The van der Waals surface area contributed by atoms with Gasteiger partial charge in [0, 0.05) is 19.4 Å². The Morgan fingerprint density at radius 2 is 1.50 bits per heavy atom. The zero-order chi connectivity index (χ0) is 34.4. The van der Waals surface area contributed by atoms with Gasteiger partial charge in [0.05, 0.1) is 6.04 Å². The van der Waals surface area contributed by atoms with E-state index >= 15 is 0 Å². The average Bonchev–Trinajstić information content (AvgIpc) is 3.57. The Kier molecular flexibility index (Phi) is 10.8. The summed E-state index contributed by atoms with van der Waals surface area (Å²) < 4.78 is 0. The van der Waals surface area contributed by atoms with Gasteiger partial charge in [0.1, 0.15) is 23.9 Å². The summed E-state index contributed by atoms with van der Waals surface area (Å²) in [5, 5.41) is 17.7. The predicted molar refractivity (Wildman–Crippen MR) is 185 cm³/mol. The minimum Gasteiger partial charge on any atom is -0.507 e. The standard InChI is InChI=1S/C38H43N5O5/c1-23-18-26(19-24(2)34(23)44)20-30(39)38(48)43-17-9-16-33(43)37(47)42-32(21-25-10-4-3-5-11-25)36(46)41-31(35(40)45)22-28-14-8-13-27-12-6-7-15-29(27)28/h3-8,10-15,18-19,30-33,44H,9,16-17,20-22,39H2,1-2H3,(H2,40,45)(H,41,46)(H,42,47)/t30-,31+,32-,33-/m0/s1. The number of phenolic OH excluding ortho intramolecular Hbond substituents is 1. The van der Waals surface area contributed by atoms with Gasteiger partial charge in [-0.15, -0.1) is 0 Å². The van der Waals surface area contributed by atoms with Crippen molar-refractivity contribution in [3.63, 3.8) is 0 Å². The van der Waals surface area contributed by atoms with E-state index in [0.717, 1.165) is 27.5 Å². The monoisotopic (exact) mass is 649 g/mol. The Balaban J connectivity index is 1.31. The summed E-state index contributed by atoms with van der Waals surface area (Å²) in [6.45, 7) is 3.94. The molecule has 0 saturated carbocycles. The van der Waals surface area contributed by atoms with Gasteiger partial charge in [0.15, 0.2) is 0 Å². The van der Waals surface area contributed by atoms with E-state index in [-0.39, 0.29) is 30.9 Å². The minimum absolute atomic E-state index is 0.165. The van der Waals surface area contributed by atoms with Gasteiger partial charge in [0.25, 0.3) is 0 Å². The molecule has 0 aromatic heterocycles. The lowest BCUT2D eigenvalue weighted by atomic mass is 9.98. The van der Waals surface area contributed by atoms with Gasteiger partial charge in [-0.25, -0.2) is 0 Å². The third kappa shape index (κ3) is 8.01. The first kappa shape index (κ1) is 34.1. The second-order valence-electron chi connectivity index (χ2n) is 12.6. The van der Waals surface area contributed by atoms with E-state index in [9.17, 15) is 24.3 Å². The number of nitrogens with two attached hydrogens (primary N) is 2. The Hall–Kier alpha value is -5.22. The van der Waals surface area contributed by atoms with Crippen molar-refractivity contribution in [2.24, 2.45) is 11.5 Å². The molecule has 4 atom stereocenters. The lowest BCUT2D eigenvalue weighted by Crippen LogP contribution is -2.58. The number of rotatable bonds is 12. The minimum atomic E-state index is -1.04. The van der Waals surface area contributed by atoms with E-state index < -0.39 is 41.9 Å². The van der Waals surface area contributed by atoms with E-state index in [2.05, 4.69) is 10.6 Å². The first-order chi connectivity index (χ1) is 23.0. The Bertz CT molecular complexity index is 1780. The second kappa shape index (κ2) is 15.1.